The number of rotatable bonds is 11. The largest absolute Gasteiger partial charge is 0.458 e. The third-order valence-corrected chi connectivity index (χ3v) is 3.77. The van der Waals surface area contributed by atoms with Crippen LogP contribution in [0.1, 0.15) is 20.3 Å². The molecule has 1 N–H and O–H groups in total. The van der Waals surface area contributed by atoms with Gasteiger partial charge in [-0.05, 0) is 20.3 Å². The number of aliphatic hydroxyl groups is 1. The fraction of sp³-hybridized carbons (Fsp3) is 0.500. The minimum absolute atomic E-state index is 0.107. The molecule has 1 aromatic rings. The number of carbonyl (C=O) groups is 2. The molecule has 11 nitrogen and oxygen atoms in total. The number of aliphatic hydroxyl groups excluding tert-OH is 1. The number of hydrogen-bond donors (Lipinski definition) is 1. The summed E-state index contributed by atoms with van der Waals surface area (Å²) < 4.78 is 12.3. The second-order valence-corrected chi connectivity index (χ2v) is 6.20. The molecule has 1 aromatic heterocycles. The van der Waals surface area contributed by atoms with E-state index in [1.54, 1.807) is 0 Å². The van der Waals surface area contributed by atoms with E-state index in [1.165, 1.54) is 13.8 Å². The maximum Gasteiger partial charge on any atom is 0.336 e. The maximum absolute atomic E-state index is 12.8. The van der Waals surface area contributed by atoms with Crippen molar-refractivity contribution in [2.24, 2.45) is 0 Å². The Labute approximate surface area is 166 Å². The molecule has 1 rings (SSSR count). The molecule has 0 amide bonds. The van der Waals surface area contributed by atoms with Gasteiger partial charge in [-0.1, -0.05) is 13.2 Å². The van der Waals surface area contributed by atoms with Crippen LogP contribution in [0.25, 0.3) is 0 Å². The molecule has 29 heavy (non-hydrogen) atoms. The normalized spacial score (nSPS) is 12.7. The van der Waals surface area contributed by atoms with Gasteiger partial charge in [-0.25, -0.2) is 37.7 Å². The summed E-state index contributed by atoms with van der Waals surface area (Å²) in [7, 11) is 0. The molecule has 0 aromatic carbocycles. The predicted molar refractivity (Wildman–Crippen MR) is 102 cm³/mol. The highest BCUT2D eigenvalue weighted by Crippen LogP contribution is 1.97. The Bertz CT molecular complexity index is 872. The van der Waals surface area contributed by atoms with Crippen LogP contribution >= 0.6 is 0 Å². The molecule has 0 spiro atoms. The highest BCUT2D eigenvalue weighted by molar-refractivity contribution is 5.81. The lowest BCUT2D eigenvalue weighted by Crippen LogP contribution is -2.56. The zero-order chi connectivity index (χ0) is 22.1. The minimum Gasteiger partial charge on any atom is -0.458 e. The van der Waals surface area contributed by atoms with Gasteiger partial charge in [0.15, 0.2) is 0 Å². The van der Waals surface area contributed by atoms with Crippen LogP contribution in [0.4, 0.5) is 0 Å². The van der Waals surface area contributed by atoms with Crippen LogP contribution in [0.3, 0.4) is 0 Å². The molecular formula is C18H25N3O8. The number of carbonyl (C=O) groups excluding carboxylic acids is 2. The Morgan fingerprint density at radius 3 is 1.62 bits per heavy atom. The van der Waals surface area contributed by atoms with Gasteiger partial charge in [-0.3, -0.25) is 0 Å². The first kappa shape index (κ1) is 23.8. The molecule has 0 radical (unpaired) electrons. The molecular weight excluding hydrogens is 386 g/mol. The average molecular weight is 411 g/mol. The van der Waals surface area contributed by atoms with E-state index in [9.17, 15) is 24.0 Å². The standard InChI is InChI=1S/C18H25N3O8/c1-5-14(23)28-12(3)10-20-16(25)19(8-7-9-22)17(26)21(18(20)27)11-13(4)29-15(24)6-2/h5-6,12-13,22H,1-2,7-11H2,3-4H3. The highest BCUT2D eigenvalue weighted by Gasteiger charge is 2.20. The third-order valence-electron chi connectivity index (χ3n) is 3.77. The van der Waals surface area contributed by atoms with Crippen LogP contribution in [0, 0.1) is 0 Å². The van der Waals surface area contributed by atoms with E-state index < -0.39 is 41.2 Å². The van der Waals surface area contributed by atoms with Gasteiger partial charge >= 0.3 is 29.0 Å². The summed E-state index contributed by atoms with van der Waals surface area (Å²) in [5.74, 6) is -1.46. The van der Waals surface area contributed by atoms with Crippen molar-refractivity contribution in [1.29, 1.82) is 0 Å². The van der Waals surface area contributed by atoms with Crippen molar-refractivity contribution >= 4 is 11.9 Å². The minimum atomic E-state index is -0.941. The molecule has 0 saturated carbocycles. The van der Waals surface area contributed by atoms with Gasteiger partial charge in [0.1, 0.15) is 12.2 Å². The zero-order valence-corrected chi connectivity index (χ0v) is 16.4. The second-order valence-electron chi connectivity index (χ2n) is 6.20. The first-order valence-electron chi connectivity index (χ1n) is 8.87. The van der Waals surface area contributed by atoms with Crippen molar-refractivity contribution in [2.75, 3.05) is 6.61 Å². The van der Waals surface area contributed by atoms with Crippen molar-refractivity contribution in [3.63, 3.8) is 0 Å². The van der Waals surface area contributed by atoms with Crippen molar-refractivity contribution in [3.05, 3.63) is 56.8 Å². The van der Waals surface area contributed by atoms with Crippen LogP contribution in [0.15, 0.2) is 39.7 Å². The van der Waals surface area contributed by atoms with E-state index in [4.69, 9.17) is 14.6 Å². The molecule has 0 bridgehead atoms. The molecule has 2 atom stereocenters. The maximum atomic E-state index is 12.8. The van der Waals surface area contributed by atoms with Gasteiger partial charge in [-0.2, -0.15) is 0 Å². The van der Waals surface area contributed by atoms with Crippen LogP contribution in [-0.4, -0.2) is 49.6 Å². The fourth-order valence-corrected chi connectivity index (χ4v) is 2.50. The van der Waals surface area contributed by atoms with Crippen molar-refractivity contribution in [2.45, 2.75) is 52.1 Å². The number of hydrogen-bond acceptors (Lipinski definition) is 8. The van der Waals surface area contributed by atoms with Crippen molar-refractivity contribution in [1.82, 2.24) is 13.7 Å². The first-order valence-corrected chi connectivity index (χ1v) is 8.87. The molecule has 11 heteroatoms. The Hall–Kier alpha value is -3.21. The number of nitrogens with zero attached hydrogens (tertiary/aromatic N) is 3. The van der Waals surface area contributed by atoms with E-state index in [0.717, 1.165) is 25.9 Å². The van der Waals surface area contributed by atoms with E-state index in [2.05, 4.69) is 13.2 Å². The molecule has 0 aliphatic rings. The topological polar surface area (TPSA) is 139 Å². The van der Waals surface area contributed by atoms with Gasteiger partial charge in [0, 0.05) is 25.3 Å². The quantitative estimate of drug-likeness (QED) is 0.353. The highest BCUT2D eigenvalue weighted by atomic mass is 16.5. The van der Waals surface area contributed by atoms with Gasteiger partial charge in [-0.15, -0.1) is 0 Å². The summed E-state index contributed by atoms with van der Waals surface area (Å²) in [6, 6.07) is 0. The molecule has 0 aliphatic heterocycles. The summed E-state index contributed by atoms with van der Waals surface area (Å²) in [5, 5.41) is 9.02. The van der Waals surface area contributed by atoms with Gasteiger partial charge in [0.25, 0.3) is 0 Å². The second kappa shape index (κ2) is 11.0. The Kier molecular flexibility index (Phi) is 9.00. The lowest BCUT2D eigenvalue weighted by molar-refractivity contribution is -0.143. The third kappa shape index (κ3) is 6.42. The van der Waals surface area contributed by atoms with Crippen molar-refractivity contribution in [3.8, 4) is 0 Å². The molecule has 1 heterocycles. The summed E-state index contributed by atoms with van der Waals surface area (Å²) in [5.41, 5.74) is -2.74. The summed E-state index contributed by atoms with van der Waals surface area (Å²) in [4.78, 5) is 60.7. The molecule has 0 aliphatic carbocycles. The van der Waals surface area contributed by atoms with Crippen LogP contribution in [-0.2, 0) is 38.7 Å². The lowest BCUT2D eigenvalue weighted by Gasteiger charge is -2.18. The molecule has 160 valence electrons. The Balaban J connectivity index is 3.41. The van der Waals surface area contributed by atoms with Crippen LogP contribution in [0.2, 0.25) is 0 Å². The van der Waals surface area contributed by atoms with E-state index in [0.29, 0.717) is 0 Å². The van der Waals surface area contributed by atoms with Crippen LogP contribution < -0.4 is 17.1 Å². The summed E-state index contributed by atoms with van der Waals surface area (Å²) in [6.45, 7) is 8.45. The lowest BCUT2D eigenvalue weighted by atomic mass is 10.3. The summed E-state index contributed by atoms with van der Waals surface area (Å²) >= 11 is 0. The Morgan fingerprint density at radius 1 is 0.897 bits per heavy atom. The SMILES string of the molecule is C=CC(=O)OC(C)Cn1c(=O)n(CCCO)c(=O)n(CC(C)OC(=O)C=C)c1=O. The summed E-state index contributed by atoms with van der Waals surface area (Å²) in [6.07, 6.45) is 0.262. The van der Waals surface area contributed by atoms with Gasteiger partial charge in [0.2, 0.25) is 0 Å². The number of ether oxygens (including phenoxy) is 2. The van der Waals surface area contributed by atoms with E-state index >= 15 is 0 Å². The van der Waals surface area contributed by atoms with E-state index in [1.807, 2.05) is 0 Å². The fourth-order valence-electron chi connectivity index (χ4n) is 2.50. The predicted octanol–water partition coefficient (Wildman–Crippen LogP) is -1.21. The molecule has 0 saturated heterocycles. The monoisotopic (exact) mass is 411 g/mol. The smallest absolute Gasteiger partial charge is 0.336 e. The van der Waals surface area contributed by atoms with Crippen LogP contribution in [0.5, 0.6) is 0 Å². The Morgan fingerprint density at radius 2 is 1.28 bits per heavy atom. The van der Waals surface area contributed by atoms with Gasteiger partial charge < -0.3 is 14.6 Å². The average Bonchev–Trinajstić information content (AvgIpc) is 2.68. The number of esters is 2. The van der Waals surface area contributed by atoms with Crippen molar-refractivity contribution < 1.29 is 24.2 Å². The molecule has 2 unspecified atom stereocenters. The number of aromatic nitrogens is 3. The first-order chi connectivity index (χ1) is 13.7. The zero-order valence-electron chi connectivity index (χ0n) is 16.4. The van der Waals surface area contributed by atoms with E-state index in [-0.39, 0.29) is 32.7 Å². The van der Waals surface area contributed by atoms with Gasteiger partial charge in [0.05, 0.1) is 13.1 Å². The molecule has 0 fully saturated rings.